The number of ether oxygens (including phenoxy) is 1. The molecule has 1 saturated heterocycles. The van der Waals surface area contributed by atoms with E-state index in [4.69, 9.17) is 9.26 Å². The van der Waals surface area contributed by atoms with Gasteiger partial charge < -0.3 is 14.2 Å². The fraction of sp³-hybridized carbons (Fsp3) is 0.250. The first kappa shape index (κ1) is 17.2. The number of benzene rings is 2. The molecule has 1 atom stereocenters. The zero-order chi connectivity index (χ0) is 19.0. The minimum Gasteiger partial charge on any atom is -0.497 e. The smallest absolute Gasteiger partial charge is 0.232 e. The number of aromatic nitrogens is 2. The first-order chi connectivity index (χ1) is 13.0. The van der Waals surface area contributed by atoms with Gasteiger partial charge in [-0.25, -0.2) is 4.39 Å². The highest BCUT2D eigenvalue weighted by molar-refractivity contribution is 5.96. The molecule has 6 nitrogen and oxygen atoms in total. The van der Waals surface area contributed by atoms with Crippen LogP contribution < -0.4 is 9.64 Å². The summed E-state index contributed by atoms with van der Waals surface area (Å²) in [6.07, 6.45) is 0.250. The number of hydrogen-bond acceptors (Lipinski definition) is 5. The molecule has 27 heavy (non-hydrogen) atoms. The van der Waals surface area contributed by atoms with Crippen molar-refractivity contribution in [2.75, 3.05) is 18.6 Å². The summed E-state index contributed by atoms with van der Waals surface area (Å²) < 4.78 is 24.4. The molecule has 0 radical (unpaired) electrons. The zero-order valence-electron chi connectivity index (χ0n) is 15.0. The molecule has 4 rings (SSSR count). The SMILES string of the molecule is COc1ccc(-c2noc([C@@H]3CC(=O)N(c4ccc(C)c(F)c4)C3)n2)cc1. The lowest BCUT2D eigenvalue weighted by molar-refractivity contribution is -0.117. The van der Waals surface area contributed by atoms with Crippen LogP contribution in [0.25, 0.3) is 11.4 Å². The molecule has 1 aromatic heterocycles. The van der Waals surface area contributed by atoms with Gasteiger partial charge in [-0.1, -0.05) is 11.2 Å². The standard InChI is InChI=1S/C20H18FN3O3/c1-12-3-6-15(10-17(12)21)24-11-14(9-18(24)25)20-22-19(23-27-20)13-4-7-16(26-2)8-5-13/h3-8,10,14H,9,11H2,1-2H3/t14-/m1/s1. The molecular formula is C20H18FN3O3. The number of methoxy groups -OCH3 is 1. The van der Waals surface area contributed by atoms with Crippen molar-refractivity contribution in [1.82, 2.24) is 10.1 Å². The molecule has 0 spiro atoms. The van der Waals surface area contributed by atoms with Gasteiger partial charge in [0.15, 0.2) is 0 Å². The Balaban J connectivity index is 1.53. The monoisotopic (exact) mass is 367 g/mol. The Morgan fingerprint density at radius 1 is 1.22 bits per heavy atom. The second kappa shape index (κ2) is 6.83. The number of rotatable bonds is 4. The number of anilines is 1. The second-order valence-electron chi connectivity index (χ2n) is 6.52. The average Bonchev–Trinajstić information content (AvgIpc) is 3.31. The van der Waals surface area contributed by atoms with E-state index >= 15 is 0 Å². The van der Waals surface area contributed by atoms with Gasteiger partial charge in [-0.05, 0) is 48.9 Å². The van der Waals surface area contributed by atoms with E-state index in [0.29, 0.717) is 29.5 Å². The van der Waals surface area contributed by atoms with E-state index in [2.05, 4.69) is 10.1 Å². The van der Waals surface area contributed by atoms with Crippen molar-refractivity contribution in [3.8, 4) is 17.1 Å². The van der Waals surface area contributed by atoms with Gasteiger partial charge in [-0.3, -0.25) is 4.79 Å². The van der Waals surface area contributed by atoms with Crippen LogP contribution in [0.4, 0.5) is 10.1 Å². The normalized spacial score (nSPS) is 16.8. The van der Waals surface area contributed by atoms with Gasteiger partial charge in [0.1, 0.15) is 11.6 Å². The maximum atomic E-state index is 13.8. The fourth-order valence-electron chi connectivity index (χ4n) is 3.13. The molecule has 1 amide bonds. The van der Waals surface area contributed by atoms with Crippen molar-refractivity contribution in [1.29, 1.82) is 0 Å². The Hall–Kier alpha value is -3.22. The summed E-state index contributed by atoms with van der Waals surface area (Å²) in [4.78, 5) is 18.4. The van der Waals surface area contributed by atoms with Gasteiger partial charge in [0.25, 0.3) is 0 Å². The predicted molar refractivity (Wildman–Crippen MR) is 97.1 cm³/mol. The lowest BCUT2D eigenvalue weighted by atomic mass is 10.1. The lowest BCUT2D eigenvalue weighted by Gasteiger charge is -2.16. The van der Waals surface area contributed by atoms with Crippen LogP contribution in [0.15, 0.2) is 47.0 Å². The first-order valence-corrected chi connectivity index (χ1v) is 8.59. The predicted octanol–water partition coefficient (Wildman–Crippen LogP) is 3.71. The zero-order valence-corrected chi connectivity index (χ0v) is 15.0. The van der Waals surface area contributed by atoms with Crippen molar-refractivity contribution in [2.24, 2.45) is 0 Å². The quantitative estimate of drug-likeness (QED) is 0.703. The van der Waals surface area contributed by atoms with Gasteiger partial charge in [0.05, 0.1) is 13.0 Å². The van der Waals surface area contributed by atoms with Gasteiger partial charge in [0.2, 0.25) is 17.6 Å². The third-order valence-electron chi connectivity index (χ3n) is 4.73. The number of hydrogen-bond donors (Lipinski definition) is 0. The van der Waals surface area contributed by atoms with Crippen molar-refractivity contribution < 1.29 is 18.4 Å². The molecule has 0 unspecified atom stereocenters. The highest BCUT2D eigenvalue weighted by Crippen LogP contribution is 2.32. The summed E-state index contributed by atoms with van der Waals surface area (Å²) in [5, 5.41) is 4.02. The molecule has 1 aliphatic heterocycles. The van der Waals surface area contributed by atoms with E-state index in [1.54, 1.807) is 31.1 Å². The van der Waals surface area contributed by atoms with Crippen LogP contribution in [0.3, 0.4) is 0 Å². The summed E-state index contributed by atoms with van der Waals surface area (Å²) in [5.74, 6) is 0.964. The Morgan fingerprint density at radius 3 is 2.70 bits per heavy atom. The maximum absolute atomic E-state index is 13.8. The highest BCUT2D eigenvalue weighted by Gasteiger charge is 2.35. The third-order valence-corrected chi connectivity index (χ3v) is 4.73. The minimum atomic E-state index is -0.330. The minimum absolute atomic E-state index is 0.0903. The summed E-state index contributed by atoms with van der Waals surface area (Å²) in [7, 11) is 1.60. The van der Waals surface area contributed by atoms with Crippen LogP contribution in [-0.4, -0.2) is 29.7 Å². The maximum Gasteiger partial charge on any atom is 0.232 e. The van der Waals surface area contributed by atoms with Gasteiger partial charge in [-0.2, -0.15) is 4.98 Å². The second-order valence-corrected chi connectivity index (χ2v) is 6.52. The Kier molecular flexibility index (Phi) is 4.35. The largest absolute Gasteiger partial charge is 0.497 e. The molecule has 138 valence electrons. The van der Waals surface area contributed by atoms with E-state index in [-0.39, 0.29) is 24.1 Å². The van der Waals surface area contributed by atoms with Crippen molar-refractivity contribution in [3.63, 3.8) is 0 Å². The van der Waals surface area contributed by atoms with Crippen LogP contribution in [0, 0.1) is 12.7 Å². The number of halogens is 1. The number of carbonyl (C=O) groups is 1. The summed E-state index contributed by atoms with van der Waals surface area (Å²) in [6.45, 7) is 2.07. The van der Waals surface area contributed by atoms with Crippen molar-refractivity contribution >= 4 is 11.6 Å². The topological polar surface area (TPSA) is 68.5 Å². The van der Waals surface area contributed by atoms with Gasteiger partial charge >= 0.3 is 0 Å². The number of amides is 1. The molecule has 2 heterocycles. The van der Waals surface area contributed by atoms with E-state index in [1.807, 2.05) is 24.3 Å². The van der Waals surface area contributed by atoms with E-state index in [9.17, 15) is 9.18 Å². The summed E-state index contributed by atoms with van der Waals surface area (Å²) in [6, 6.07) is 12.1. The molecule has 0 saturated carbocycles. The van der Waals surface area contributed by atoms with Crippen LogP contribution >= 0.6 is 0 Å². The Bertz CT molecular complexity index is 984. The summed E-state index contributed by atoms with van der Waals surface area (Å²) >= 11 is 0. The molecule has 1 aliphatic rings. The molecule has 7 heteroatoms. The molecule has 3 aromatic rings. The van der Waals surface area contributed by atoms with Crippen molar-refractivity contribution in [3.05, 3.63) is 59.7 Å². The van der Waals surface area contributed by atoms with Crippen LogP contribution in [0.2, 0.25) is 0 Å². The van der Waals surface area contributed by atoms with Crippen LogP contribution in [0.5, 0.6) is 5.75 Å². The van der Waals surface area contributed by atoms with Gasteiger partial charge in [-0.15, -0.1) is 0 Å². The number of nitrogens with zero attached hydrogens (tertiary/aromatic N) is 3. The highest BCUT2D eigenvalue weighted by atomic mass is 19.1. The molecule has 0 aliphatic carbocycles. The molecule has 0 N–H and O–H groups in total. The average molecular weight is 367 g/mol. The third kappa shape index (κ3) is 3.28. The molecule has 0 bridgehead atoms. The van der Waals surface area contributed by atoms with Gasteiger partial charge in [0, 0.05) is 24.2 Å². The van der Waals surface area contributed by atoms with E-state index in [1.165, 1.54) is 6.07 Å². The number of carbonyl (C=O) groups excluding carboxylic acids is 1. The lowest BCUT2D eigenvalue weighted by Crippen LogP contribution is -2.24. The first-order valence-electron chi connectivity index (χ1n) is 8.59. The molecule has 1 fully saturated rings. The molecular weight excluding hydrogens is 349 g/mol. The summed E-state index contributed by atoms with van der Waals surface area (Å²) in [5.41, 5.74) is 1.89. The molecule has 2 aromatic carbocycles. The fourth-order valence-corrected chi connectivity index (χ4v) is 3.13. The Morgan fingerprint density at radius 2 is 2.00 bits per heavy atom. The Labute approximate surface area is 155 Å². The number of aryl methyl sites for hydroxylation is 1. The van der Waals surface area contributed by atoms with E-state index < -0.39 is 0 Å². The van der Waals surface area contributed by atoms with Crippen LogP contribution in [-0.2, 0) is 4.79 Å². The van der Waals surface area contributed by atoms with Crippen LogP contribution in [0.1, 0.15) is 23.8 Å². The van der Waals surface area contributed by atoms with E-state index in [0.717, 1.165) is 11.3 Å². The van der Waals surface area contributed by atoms with Crippen molar-refractivity contribution in [2.45, 2.75) is 19.3 Å².